The third kappa shape index (κ3) is 4.61. The fourth-order valence-electron chi connectivity index (χ4n) is 4.19. The maximum Gasteiger partial charge on any atom is 0.175 e. The van der Waals surface area contributed by atoms with Gasteiger partial charge in [-0.25, -0.2) is 12.9 Å². The molecule has 0 aliphatic heterocycles. The van der Waals surface area contributed by atoms with Gasteiger partial charge in [-0.2, -0.15) is 5.10 Å². The molecular formula is C23H27N3O2S. The van der Waals surface area contributed by atoms with Crippen molar-refractivity contribution in [3.05, 3.63) is 76.7 Å². The molecule has 2 aromatic rings. The standard InChI is InChI=1S/C23H27N3O2S/c1-17(22-16-24-26-14-4-3-5-23(22)26)25-20-11-8-19(15-20)7-6-18-9-12-21(13-10-18)29(2,27)28/h3-5,7,9,12-14,16-17,19-20,25H,8,10-11,15H2,1-2H3. The lowest BCUT2D eigenvalue weighted by Crippen LogP contribution is -2.29. The van der Waals surface area contributed by atoms with Crippen molar-refractivity contribution in [2.75, 3.05) is 6.26 Å². The second-order valence-electron chi connectivity index (χ2n) is 8.04. The molecule has 2 aliphatic rings. The van der Waals surface area contributed by atoms with Gasteiger partial charge in [0.25, 0.3) is 0 Å². The molecule has 0 spiro atoms. The lowest BCUT2D eigenvalue weighted by Gasteiger charge is -2.18. The molecule has 0 saturated heterocycles. The van der Waals surface area contributed by atoms with Gasteiger partial charge in [-0.05, 0) is 74.5 Å². The number of hydrogen-bond acceptors (Lipinski definition) is 4. The summed E-state index contributed by atoms with van der Waals surface area (Å²) in [6.45, 7) is 2.20. The summed E-state index contributed by atoms with van der Waals surface area (Å²) in [5, 5.41) is 8.21. The Morgan fingerprint density at radius 3 is 2.93 bits per heavy atom. The molecule has 2 heterocycles. The van der Waals surface area contributed by atoms with E-state index in [-0.39, 0.29) is 6.04 Å². The van der Waals surface area contributed by atoms with Crippen LogP contribution >= 0.6 is 0 Å². The number of nitrogens with one attached hydrogen (secondary N) is 1. The van der Waals surface area contributed by atoms with Crippen LogP contribution in [-0.2, 0) is 9.84 Å². The molecule has 0 aromatic carbocycles. The monoisotopic (exact) mass is 409 g/mol. The number of hydrogen-bond donors (Lipinski definition) is 1. The molecule has 3 atom stereocenters. The molecule has 4 rings (SSSR count). The molecule has 2 aliphatic carbocycles. The van der Waals surface area contributed by atoms with Crippen molar-refractivity contribution < 1.29 is 8.42 Å². The molecule has 1 N–H and O–H groups in total. The van der Waals surface area contributed by atoms with Crippen molar-refractivity contribution in [2.45, 2.75) is 44.7 Å². The maximum atomic E-state index is 11.6. The van der Waals surface area contributed by atoms with Gasteiger partial charge in [-0.3, -0.25) is 0 Å². The van der Waals surface area contributed by atoms with Gasteiger partial charge in [0.2, 0.25) is 0 Å². The maximum absolute atomic E-state index is 11.6. The van der Waals surface area contributed by atoms with Crippen molar-refractivity contribution in [3.63, 3.8) is 0 Å². The summed E-state index contributed by atoms with van der Waals surface area (Å²) in [5.41, 5.74) is 6.80. The Morgan fingerprint density at radius 2 is 2.17 bits per heavy atom. The Bertz CT molecular complexity index is 1130. The lowest BCUT2D eigenvalue weighted by atomic mass is 10.0. The van der Waals surface area contributed by atoms with Crippen LogP contribution in [0.4, 0.5) is 0 Å². The van der Waals surface area contributed by atoms with Crippen LogP contribution in [0, 0.1) is 5.92 Å². The minimum Gasteiger partial charge on any atom is -0.307 e. The zero-order valence-corrected chi connectivity index (χ0v) is 17.7. The topological polar surface area (TPSA) is 63.5 Å². The van der Waals surface area contributed by atoms with E-state index in [1.807, 2.05) is 35.1 Å². The minimum absolute atomic E-state index is 0.252. The van der Waals surface area contributed by atoms with Crippen LogP contribution in [0.5, 0.6) is 0 Å². The lowest BCUT2D eigenvalue weighted by molar-refractivity contribution is 0.456. The predicted octanol–water partition coefficient (Wildman–Crippen LogP) is 4.12. The van der Waals surface area contributed by atoms with Crippen LogP contribution in [0.3, 0.4) is 0 Å². The molecule has 152 valence electrons. The van der Waals surface area contributed by atoms with Gasteiger partial charge < -0.3 is 5.32 Å². The van der Waals surface area contributed by atoms with Gasteiger partial charge in [0.15, 0.2) is 9.84 Å². The summed E-state index contributed by atoms with van der Waals surface area (Å²) in [4.78, 5) is 0.398. The number of aromatic nitrogens is 2. The SMILES string of the molecule is CC(NC1CCC(C=C=C2C=CC(S(C)(=O)=O)=CC2)C1)c1cnn2ccccc12. The third-order valence-corrected chi connectivity index (χ3v) is 6.95. The van der Waals surface area contributed by atoms with Crippen molar-refractivity contribution in [1.82, 2.24) is 14.9 Å². The third-order valence-electron chi connectivity index (χ3n) is 5.79. The van der Waals surface area contributed by atoms with Crippen molar-refractivity contribution in [1.29, 1.82) is 0 Å². The van der Waals surface area contributed by atoms with E-state index in [9.17, 15) is 8.42 Å². The van der Waals surface area contributed by atoms with Crippen molar-refractivity contribution in [2.24, 2.45) is 5.92 Å². The summed E-state index contributed by atoms with van der Waals surface area (Å²) in [6.07, 6.45) is 16.7. The average molecular weight is 410 g/mol. The number of fused-ring (bicyclic) bond motifs is 1. The quantitative estimate of drug-likeness (QED) is 0.755. The Labute approximate surface area is 172 Å². The van der Waals surface area contributed by atoms with Crippen LogP contribution in [-0.4, -0.2) is 30.3 Å². The Kier molecular flexibility index (Phi) is 5.59. The molecule has 1 saturated carbocycles. The number of nitrogens with zero attached hydrogens (tertiary/aromatic N) is 2. The van der Waals surface area contributed by atoms with Gasteiger partial charge in [-0.15, -0.1) is 5.73 Å². The fraction of sp³-hybridized carbons (Fsp3) is 0.391. The summed E-state index contributed by atoms with van der Waals surface area (Å²) in [5.74, 6) is 0.504. The molecule has 2 aromatic heterocycles. The first-order chi connectivity index (χ1) is 13.9. The Balaban J connectivity index is 1.36. The summed E-state index contributed by atoms with van der Waals surface area (Å²) < 4.78 is 25.1. The van der Waals surface area contributed by atoms with E-state index >= 15 is 0 Å². The van der Waals surface area contributed by atoms with E-state index in [0.717, 1.165) is 30.4 Å². The van der Waals surface area contributed by atoms with Gasteiger partial charge in [-0.1, -0.05) is 12.1 Å². The zero-order chi connectivity index (χ0) is 20.4. The normalized spacial score (nSPS) is 23.1. The number of allylic oxidation sites excluding steroid dienone is 4. The van der Waals surface area contributed by atoms with Gasteiger partial charge >= 0.3 is 0 Å². The van der Waals surface area contributed by atoms with E-state index in [1.165, 1.54) is 11.8 Å². The summed E-state index contributed by atoms with van der Waals surface area (Å²) in [6, 6.07) is 6.88. The van der Waals surface area contributed by atoms with Crippen molar-refractivity contribution >= 4 is 15.4 Å². The Hall–Kier alpha value is -2.40. The zero-order valence-electron chi connectivity index (χ0n) is 16.9. The van der Waals surface area contributed by atoms with Crippen LogP contribution in [0.2, 0.25) is 0 Å². The molecule has 1 fully saturated rings. The molecular weight excluding hydrogens is 382 g/mol. The Morgan fingerprint density at radius 1 is 1.31 bits per heavy atom. The van der Waals surface area contributed by atoms with Crippen LogP contribution in [0.25, 0.3) is 5.52 Å². The number of sulfone groups is 1. The largest absolute Gasteiger partial charge is 0.307 e. The van der Waals surface area contributed by atoms with E-state index in [0.29, 0.717) is 23.3 Å². The highest BCUT2D eigenvalue weighted by atomic mass is 32.2. The summed E-state index contributed by atoms with van der Waals surface area (Å²) >= 11 is 0. The first-order valence-electron chi connectivity index (χ1n) is 10.1. The highest BCUT2D eigenvalue weighted by Gasteiger charge is 2.25. The van der Waals surface area contributed by atoms with Gasteiger partial charge in [0, 0.05) is 30.1 Å². The van der Waals surface area contributed by atoms with Crippen LogP contribution in [0.15, 0.2) is 71.1 Å². The second-order valence-corrected chi connectivity index (χ2v) is 10.1. The molecule has 5 nitrogen and oxygen atoms in total. The minimum atomic E-state index is -3.12. The predicted molar refractivity (Wildman–Crippen MR) is 116 cm³/mol. The van der Waals surface area contributed by atoms with Gasteiger partial charge in [0.05, 0.1) is 16.6 Å². The van der Waals surface area contributed by atoms with E-state index in [2.05, 4.69) is 35.2 Å². The molecule has 0 amide bonds. The smallest absolute Gasteiger partial charge is 0.175 e. The molecule has 0 bridgehead atoms. The number of pyridine rings is 1. The molecule has 3 unspecified atom stereocenters. The van der Waals surface area contributed by atoms with Crippen LogP contribution < -0.4 is 5.32 Å². The van der Waals surface area contributed by atoms with Crippen molar-refractivity contribution in [3.8, 4) is 0 Å². The fourth-order valence-corrected chi connectivity index (χ4v) is 4.89. The van der Waals surface area contributed by atoms with E-state index in [4.69, 9.17) is 0 Å². The first kappa shape index (κ1) is 19.9. The summed E-state index contributed by atoms with van der Waals surface area (Å²) in [7, 11) is -3.12. The highest BCUT2D eigenvalue weighted by molar-refractivity contribution is 7.94. The van der Waals surface area contributed by atoms with Crippen LogP contribution in [0.1, 0.15) is 44.2 Å². The van der Waals surface area contributed by atoms with Gasteiger partial charge in [0.1, 0.15) is 0 Å². The van der Waals surface area contributed by atoms with E-state index < -0.39 is 9.84 Å². The first-order valence-corrected chi connectivity index (χ1v) is 12.0. The number of rotatable bonds is 5. The highest BCUT2D eigenvalue weighted by Crippen LogP contribution is 2.29. The molecule has 0 radical (unpaired) electrons. The van der Waals surface area contributed by atoms with E-state index in [1.54, 1.807) is 12.2 Å². The second kappa shape index (κ2) is 8.15. The average Bonchev–Trinajstić information content (AvgIpc) is 3.32. The molecule has 29 heavy (non-hydrogen) atoms. The molecule has 6 heteroatoms.